The van der Waals surface area contributed by atoms with Crippen molar-refractivity contribution in [2.45, 2.75) is 31.1 Å². The number of hydrogen-bond donors (Lipinski definition) is 1. The Morgan fingerprint density at radius 2 is 1.77 bits per heavy atom. The number of anilines is 1. The Balaban J connectivity index is 1.72. The lowest BCUT2D eigenvalue weighted by atomic mass is 9.87. The minimum atomic E-state index is -3.77. The van der Waals surface area contributed by atoms with Crippen molar-refractivity contribution >= 4 is 37.3 Å². The van der Waals surface area contributed by atoms with E-state index in [-0.39, 0.29) is 10.3 Å². The molecule has 0 atom stereocenters. The highest BCUT2D eigenvalue weighted by Gasteiger charge is 2.20. The van der Waals surface area contributed by atoms with Crippen molar-refractivity contribution in [1.29, 1.82) is 0 Å². The zero-order chi connectivity index (χ0) is 21.7. The third-order valence-corrected chi connectivity index (χ3v) is 6.88. The van der Waals surface area contributed by atoms with Crippen LogP contribution >= 0.6 is 15.9 Å². The Morgan fingerprint density at radius 1 is 1.07 bits per heavy atom. The minimum Gasteiger partial charge on any atom is -0.275 e. The highest BCUT2D eigenvalue weighted by atomic mass is 79.9. The smallest absolute Gasteiger partial charge is 0.263 e. The fourth-order valence-electron chi connectivity index (χ4n) is 3.15. The molecular formula is C21H22BrN5O2S. The molecule has 3 heterocycles. The van der Waals surface area contributed by atoms with E-state index in [0.717, 1.165) is 21.1 Å². The van der Waals surface area contributed by atoms with E-state index in [2.05, 4.69) is 51.6 Å². The van der Waals surface area contributed by atoms with Crippen molar-refractivity contribution in [3.8, 4) is 11.3 Å². The summed E-state index contributed by atoms with van der Waals surface area (Å²) in [5.74, 6) is 0.350. The summed E-state index contributed by atoms with van der Waals surface area (Å²) < 4.78 is 32.7. The van der Waals surface area contributed by atoms with Crippen LogP contribution < -0.4 is 4.72 Å². The molecule has 4 rings (SSSR count). The molecular weight excluding hydrogens is 466 g/mol. The van der Waals surface area contributed by atoms with E-state index in [1.54, 1.807) is 39.7 Å². The number of aromatic nitrogens is 4. The molecule has 0 saturated heterocycles. The van der Waals surface area contributed by atoms with Crippen LogP contribution in [0.2, 0.25) is 0 Å². The lowest BCUT2D eigenvalue weighted by Crippen LogP contribution is -2.16. The zero-order valence-corrected chi connectivity index (χ0v) is 19.5. The Hall–Kier alpha value is -2.65. The first kappa shape index (κ1) is 20.6. The van der Waals surface area contributed by atoms with Crippen molar-refractivity contribution < 1.29 is 8.42 Å². The fraction of sp³-hybridized carbons (Fsp3) is 0.238. The number of nitrogens with zero attached hydrogens (tertiary/aromatic N) is 4. The standard InChI is InChI=1S/C21H22BrN5O2S/c1-21(2,3)15-5-7-16(8-6-15)30(28,29)25-20-10-9-17(22)19-11-18(24-27(19)20)14-12-23-26(4)13-14/h5-13,25H,1-4H3. The molecule has 0 saturated carbocycles. The van der Waals surface area contributed by atoms with E-state index in [4.69, 9.17) is 0 Å². The van der Waals surface area contributed by atoms with Crippen LogP contribution in [0.4, 0.5) is 5.82 Å². The van der Waals surface area contributed by atoms with Gasteiger partial charge in [-0.3, -0.25) is 9.40 Å². The molecule has 0 amide bonds. The van der Waals surface area contributed by atoms with Crippen molar-refractivity contribution in [2.75, 3.05) is 4.72 Å². The lowest BCUT2D eigenvalue weighted by molar-refractivity contribution is 0.587. The normalized spacial score (nSPS) is 12.4. The summed E-state index contributed by atoms with van der Waals surface area (Å²) in [7, 11) is -1.94. The predicted octanol–water partition coefficient (Wildman–Crippen LogP) is 4.60. The van der Waals surface area contributed by atoms with Crippen LogP contribution in [0.25, 0.3) is 16.8 Å². The molecule has 1 aromatic carbocycles. The first-order valence-electron chi connectivity index (χ1n) is 9.35. The van der Waals surface area contributed by atoms with Crippen molar-refractivity contribution in [2.24, 2.45) is 7.05 Å². The van der Waals surface area contributed by atoms with Crippen molar-refractivity contribution in [1.82, 2.24) is 19.4 Å². The number of sulfonamides is 1. The molecule has 0 aliphatic heterocycles. The van der Waals surface area contributed by atoms with Crippen LogP contribution in [-0.2, 0) is 22.5 Å². The molecule has 3 aromatic heterocycles. The minimum absolute atomic E-state index is 0.0503. The largest absolute Gasteiger partial charge is 0.275 e. The van der Waals surface area contributed by atoms with Crippen molar-refractivity contribution in [3.05, 3.63) is 64.9 Å². The van der Waals surface area contributed by atoms with Gasteiger partial charge in [-0.15, -0.1) is 0 Å². The third-order valence-electron chi connectivity index (χ3n) is 4.84. The van der Waals surface area contributed by atoms with Gasteiger partial charge in [-0.25, -0.2) is 12.9 Å². The van der Waals surface area contributed by atoms with Crippen molar-refractivity contribution in [3.63, 3.8) is 0 Å². The van der Waals surface area contributed by atoms with Crippen LogP contribution in [-0.4, -0.2) is 27.8 Å². The summed E-state index contributed by atoms with van der Waals surface area (Å²) in [4.78, 5) is 0.200. The molecule has 9 heteroatoms. The number of fused-ring (bicyclic) bond motifs is 1. The molecule has 0 radical (unpaired) electrons. The number of rotatable bonds is 4. The molecule has 7 nitrogen and oxygen atoms in total. The maximum absolute atomic E-state index is 13.0. The van der Waals surface area contributed by atoms with Crippen LogP contribution in [0.15, 0.2) is 64.2 Å². The SMILES string of the molecule is Cn1cc(-c2cc3c(Br)ccc(NS(=O)(=O)c4ccc(C(C)(C)C)cc4)n3n2)cn1. The monoisotopic (exact) mass is 487 g/mol. The van der Waals surface area contributed by atoms with E-state index in [1.807, 2.05) is 31.4 Å². The van der Waals surface area contributed by atoms with E-state index in [0.29, 0.717) is 11.5 Å². The van der Waals surface area contributed by atoms with Gasteiger partial charge in [-0.1, -0.05) is 32.9 Å². The zero-order valence-electron chi connectivity index (χ0n) is 17.1. The highest BCUT2D eigenvalue weighted by molar-refractivity contribution is 9.10. The number of nitrogens with one attached hydrogen (secondary N) is 1. The van der Waals surface area contributed by atoms with E-state index >= 15 is 0 Å². The Morgan fingerprint density at radius 3 is 2.37 bits per heavy atom. The van der Waals surface area contributed by atoms with Crippen LogP contribution in [0, 0.1) is 0 Å². The summed E-state index contributed by atoms with van der Waals surface area (Å²) >= 11 is 3.51. The van der Waals surface area contributed by atoms with Gasteiger partial charge in [0.1, 0.15) is 5.82 Å². The van der Waals surface area contributed by atoms with E-state index in [1.165, 1.54) is 0 Å². The first-order chi connectivity index (χ1) is 14.0. The van der Waals surface area contributed by atoms with Crippen LogP contribution in [0.3, 0.4) is 0 Å². The summed E-state index contributed by atoms with van der Waals surface area (Å²) in [5, 5.41) is 8.76. The second-order valence-electron chi connectivity index (χ2n) is 8.18. The Bertz CT molecular complexity index is 1330. The second kappa shape index (κ2) is 7.24. The van der Waals surface area contributed by atoms with Gasteiger partial charge in [0.05, 0.1) is 22.3 Å². The molecule has 0 spiro atoms. The molecule has 0 aliphatic rings. The van der Waals surface area contributed by atoms with Gasteiger partial charge in [-0.2, -0.15) is 10.2 Å². The van der Waals surface area contributed by atoms with Crippen LogP contribution in [0.5, 0.6) is 0 Å². The molecule has 0 aliphatic carbocycles. The van der Waals surface area contributed by atoms with Crippen LogP contribution in [0.1, 0.15) is 26.3 Å². The maximum atomic E-state index is 13.0. The summed E-state index contributed by atoms with van der Waals surface area (Å²) in [6.07, 6.45) is 3.58. The molecule has 1 N–H and O–H groups in total. The molecule has 0 unspecified atom stereocenters. The second-order valence-corrected chi connectivity index (χ2v) is 10.7. The van der Waals surface area contributed by atoms with E-state index in [9.17, 15) is 8.42 Å². The topological polar surface area (TPSA) is 81.3 Å². The average Bonchev–Trinajstić information content (AvgIpc) is 3.30. The number of halogens is 1. The average molecular weight is 488 g/mol. The first-order valence-corrected chi connectivity index (χ1v) is 11.6. The maximum Gasteiger partial charge on any atom is 0.263 e. The van der Waals surface area contributed by atoms with Gasteiger partial charge in [0.25, 0.3) is 10.0 Å². The summed E-state index contributed by atoms with van der Waals surface area (Å²) in [6.45, 7) is 6.26. The van der Waals surface area contributed by atoms with E-state index < -0.39 is 10.0 Å². The molecule has 156 valence electrons. The summed E-state index contributed by atoms with van der Waals surface area (Å²) in [6, 6.07) is 12.3. The van der Waals surface area contributed by atoms with Gasteiger partial charge < -0.3 is 0 Å². The molecule has 0 fully saturated rings. The van der Waals surface area contributed by atoms with Gasteiger partial charge in [0.2, 0.25) is 0 Å². The fourth-order valence-corrected chi connectivity index (χ4v) is 4.60. The molecule has 4 aromatic rings. The summed E-state index contributed by atoms with van der Waals surface area (Å²) in [5.41, 5.74) is 3.31. The number of hydrogen-bond acceptors (Lipinski definition) is 4. The number of aryl methyl sites for hydroxylation is 1. The predicted molar refractivity (Wildman–Crippen MR) is 121 cm³/mol. The highest BCUT2D eigenvalue weighted by Crippen LogP contribution is 2.29. The number of pyridine rings is 1. The third kappa shape index (κ3) is 3.87. The van der Waals surface area contributed by atoms with Gasteiger partial charge in [0.15, 0.2) is 0 Å². The van der Waals surface area contributed by atoms with Gasteiger partial charge in [0, 0.05) is 23.3 Å². The number of benzene rings is 1. The lowest BCUT2D eigenvalue weighted by Gasteiger charge is -2.19. The quantitative estimate of drug-likeness (QED) is 0.456. The Kier molecular flexibility index (Phi) is 4.98. The van der Waals surface area contributed by atoms with Gasteiger partial charge in [-0.05, 0) is 57.2 Å². The molecule has 30 heavy (non-hydrogen) atoms. The van der Waals surface area contributed by atoms with Gasteiger partial charge >= 0.3 is 0 Å². The Labute approximate surface area is 183 Å². The molecule has 0 bridgehead atoms.